The number of hydrogen-bond acceptors (Lipinski definition) is 5. The van der Waals surface area contributed by atoms with Crippen molar-refractivity contribution in [1.29, 1.82) is 0 Å². The second-order valence-electron chi connectivity index (χ2n) is 5.71. The summed E-state index contributed by atoms with van der Waals surface area (Å²) in [5.41, 5.74) is 2.17. The summed E-state index contributed by atoms with van der Waals surface area (Å²) in [5, 5.41) is 6.88. The van der Waals surface area contributed by atoms with E-state index in [-0.39, 0.29) is 12.2 Å². The topological polar surface area (TPSA) is 57.6 Å². The van der Waals surface area contributed by atoms with Crippen molar-refractivity contribution in [2.75, 3.05) is 13.1 Å². The molecule has 0 radical (unpaired) electrons. The highest BCUT2D eigenvalue weighted by Gasteiger charge is 2.34. The quantitative estimate of drug-likeness (QED) is 0.592. The van der Waals surface area contributed by atoms with Crippen LogP contribution in [0.1, 0.15) is 38.8 Å². The van der Waals surface area contributed by atoms with Crippen LogP contribution in [0.2, 0.25) is 0 Å². The summed E-state index contributed by atoms with van der Waals surface area (Å²) in [6.45, 7) is 6.71. The first-order chi connectivity index (χ1) is 10.8. The van der Waals surface area contributed by atoms with Gasteiger partial charge in [-0.05, 0) is 37.5 Å². The maximum Gasteiger partial charge on any atom is 0.141 e. The van der Waals surface area contributed by atoms with Crippen LogP contribution in [0.15, 0.2) is 41.2 Å². The van der Waals surface area contributed by atoms with Crippen LogP contribution in [0, 0.1) is 4.91 Å². The van der Waals surface area contributed by atoms with Crippen molar-refractivity contribution in [3.05, 3.63) is 46.6 Å². The van der Waals surface area contributed by atoms with Crippen molar-refractivity contribution in [2.24, 2.45) is 5.18 Å². The summed E-state index contributed by atoms with van der Waals surface area (Å²) >= 11 is 0. The molecular formula is C17H26N4O. The molecule has 5 nitrogen and oxygen atoms in total. The molecule has 0 bridgehead atoms. The van der Waals surface area contributed by atoms with Gasteiger partial charge in [-0.1, -0.05) is 30.7 Å². The van der Waals surface area contributed by atoms with E-state index in [0.717, 1.165) is 50.2 Å². The van der Waals surface area contributed by atoms with Crippen molar-refractivity contribution in [3.63, 3.8) is 0 Å². The number of pyridine rings is 1. The van der Waals surface area contributed by atoms with Gasteiger partial charge in [-0.25, -0.2) is 0 Å². The zero-order valence-electron chi connectivity index (χ0n) is 13.5. The maximum absolute atomic E-state index is 11.5. The predicted molar refractivity (Wildman–Crippen MR) is 89.3 cm³/mol. The fourth-order valence-electron chi connectivity index (χ4n) is 2.98. The summed E-state index contributed by atoms with van der Waals surface area (Å²) in [7, 11) is 0. The first-order valence-electron chi connectivity index (χ1n) is 8.15. The van der Waals surface area contributed by atoms with Gasteiger partial charge >= 0.3 is 0 Å². The molecule has 2 heterocycles. The summed E-state index contributed by atoms with van der Waals surface area (Å²) in [5.74, 6) is 0. The van der Waals surface area contributed by atoms with E-state index in [1.54, 1.807) is 0 Å². The van der Waals surface area contributed by atoms with Crippen molar-refractivity contribution in [2.45, 2.75) is 51.9 Å². The Kier molecular flexibility index (Phi) is 6.68. The Morgan fingerprint density at radius 3 is 3.09 bits per heavy atom. The molecule has 2 rings (SSSR count). The number of aromatic nitrogens is 1. The van der Waals surface area contributed by atoms with E-state index in [9.17, 15) is 4.91 Å². The fraction of sp³-hybridized carbons (Fsp3) is 0.588. The molecule has 5 heteroatoms. The molecule has 0 saturated carbocycles. The molecular weight excluding hydrogens is 276 g/mol. The van der Waals surface area contributed by atoms with Crippen molar-refractivity contribution in [3.8, 4) is 0 Å². The standard InChI is InChI=1S/C17H26N4O/c1-3-5-8-14(4-2)16(20-22)17-19-11-12-21(17)13-15-9-6-7-10-18-15/h4,6-7,9-10,16-17,19H,3,5,8,11-13H2,1-2H3/b14-4+. The molecule has 1 saturated heterocycles. The second kappa shape index (κ2) is 8.76. The minimum Gasteiger partial charge on any atom is -0.298 e. The Bertz CT molecular complexity index is 489. The second-order valence-corrected chi connectivity index (χ2v) is 5.71. The lowest BCUT2D eigenvalue weighted by atomic mass is 9.98. The van der Waals surface area contributed by atoms with Crippen LogP contribution in [-0.4, -0.2) is 35.2 Å². The van der Waals surface area contributed by atoms with Gasteiger partial charge < -0.3 is 0 Å². The van der Waals surface area contributed by atoms with Crippen LogP contribution < -0.4 is 5.32 Å². The van der Waals surface area contributed by atoms with Crippen molar-refractivity contribution in [1.82, 2.24) is 15.2 Å². The third kappa shape index (κ3) is 4.21. The van der Waals surface area contributed by atoms with E-state index in [0.29, 0.717) is 0 Å². The number of rotatable bonds is 8. The minimum absolute atomic E-state index is 0.0254. The molecule has 0 amide bonds. The molecule has 0 spiro atoms. The predicted octanol–water partition coefficient (Wildman–Crippen LogP) is 3.08. The summed E-state index contributed by atoms with van der Waals surface area (Å²) in [6, 6.07) is 5.62. The Balaban J connectivity index is 2.08. The normalized spacial score (nSPS) is 21.0. The largest absolute Gasteiger partial charge is 0.298 e. The molecule has 1 aliphatic heterocycles. The Labute approximate surface area is 132 Å². The fourth-order valence-corrected chi connectivity index (χ4v) is 2.98. The van der Waals surface area contributed by atoms with Gasteiger partial charge in [0.25, 0.3) is 0 Å². The maximum atomic E-state index is 11.5. The third-order valence-corrected chi connectivity index (χ3v) is 4.22. The first kappa shape index (κ1) is 16.8. The Morgan fingerprint density at radius 1 is 1.59 bits per heavy atom. The SMILES string of the molecule is C/C=C(\CCCC)C(N=O)C1NCCN1Cc1ccccn1. The molecule has 1 aromatic rings. The zero-order chi connectivity index (χ0) is 15.8. The van der Waals surface area contributed by atoms with E-state index in [1.807, 2.05) is 31.3 Å². The molecule has 22 heavy (non-hydrogen) atoms. The van der Waals surface area contributed by atoms with Gasteiger partial charge in [0, 0.05) is 25.8 Å². The highest BCUT2D eigenvalue weighted by atomic mass is 16.3. The molecule has 2 atom stereocenters. The van der Waals surface area contributed by atoms with E-state index < -0.39 is 0 Å². The van der Waals surface area contributed by atoms with Gasteiger partial charge in [0.2, 0.25) is 0 Å². The van der Waals surface area contributed by atoms with Crippen LogP contribution in [0.5, 0.6) is 0 Å². The average molecular weight is 302 g/mol. The molecule has 0 aromatic carbocycles. The minimum atomic E-state index is -0.317. The van der Waals surface area contributed by atoms with Crippen LogP contribution in [0.25, 0.3) is 0 Å². The van der Waals surface area contributed by atoms with Crippen molar-refractivity contribution < 1.29 is 0 Å². The highest BCUT2D eigenvalue weighted by Crippen LogP contribution is 2.23. The number of allylic oxidation sites excluding steroid dienone is 1. The summed E-state index contributed by atoms with van der Waals surface area (Å²) in [6.07, 6.45) is 7.00. The van der Waals surface area contributed by atoms with Gasteiger partial charge in [-0.15, -0.1) is 0 Å². The summed E-state index contributed by atoms with van der Waals surface area (Å²) in [4.78, 5) is 18.1. The molecule has 0 aliphatic carbocycles. The van der Waals surface area contributed by atoms with Gasteiger partial charge in [0.15, 0.2) is 0 Å². The van der Waals surface area contributed by atoms with Crippen LogP contribution >= 0.6 is 0 Å². The van der Waals surface area contributed by atoms with E-state index in [2.05, 4.69) is 33.4 Å². The zero-order valence-corrected chi connectivity index (χ0v) is 13.5. The van der Waals surface area contributed by atoms with Crippen LogP contribution in [0.3, 0.4) is 0 Å². The third-order valence-electron chi connectivity index (χ3n) is 4.22. The van der Waals surface area contributed by atoms with Crippen molar-refractivity contribution >= 4 is 0 Å². The number of unbranched alkanes of at least 4 members (excludes halogenated alkanes) is 1. The van der Waals surface area contributed by atoms with Gasteiger partial charge in [0.05, 0.1) is 11.9 Å². The van der Waals surface area contributed by atoms with E-state index in [1.165, 1.54) is 0 Å². The van der Waals surface area contributed by atoms with Gasteiger partial charge in [0.1, 0.15) is 6.04 Å². The lowest BCUT2D eigenvalue weighted by molar-refractivity contribution is 0.210. The number of nitroso groups, excluding NO2 is 1. The monoisotopic (exact) mass is 302 g/mol. The smallest absolute Gasteiger partial charge is 0.141 e. The molecule has 1 aliphatic rings. The first-order valence-corrected chi connectivity index (χ1v) is 8.15. The van der Waals surface area contributed by atoms with E-state index >= 15 is 0 Å². The average Bonchev–Trinajstić information content (AvgIpc) is 3.00. The molecule has 1 N–H and O–H groups in total. The Morgan fingerprint density at radius 2 is 2.45 bits per heavy atom. The molecule has 120 valence electrons. The number of nitrogens with one attached hydrogen (secondary N) is 1. The van der Waals surface area contributed by atoms with Crippen LogP contribution in [0.4, 0.5) is 0 Å². The molecule has 2 unspecified atom stereocenters. The Hall–Kier alpha value is -1.59. The molecule has 1 aromatic heterocycles. The number of nitrogens with zero attached hydrogens (tertiary/aromatic N) is 3. The number of hydrogen-bond donors (Lipinski definition) is 1. The van der Waals surface area contributed by atoms with Gasteiger partial charge in [-0.3, -0.25) is 15.2 Å². The van der Waals surface area contributed by atoms with Crippen LogP contribution in [-0.2, 0) is 6.54 Å². The lowest BCUT2D eigenvalue weighted by Crippen LogP contribution is -2.45. The van der Waals surface area contributed by atoms with E-state index in [4.69, 9.17) is 0 Å². The highest BCUT2D eigenvalue weighted by molar-refractivity contribution is 5.15. The lowest BCUT2D eigenvalue weighted by Gasteiger charge is -2.28. The summed E-state index contributed by atoms with van der Waals surface area (Å²) < 4.78 is 0. The van der Waals surface area contributed by atoms with Gasteiger partial charge in [-0.2, -0.15) is 4.91 Å². The molecule has 1 fully saturated rings.